The third-order valence-electron chi connectivity index (χ3n) is 5.22. The highest BCUT2D eigenvalue weighted by Gasteiger charge is 2.39. The number of rotatable bonds is 4. The lowest BCUT2D eigenvalue weighted by Crippen LogP contribution is -2.55. The second-order valence-electron chi connectivity index (χ2n) is 6.90. The fourth-order valence-electron chi connectivity index (χ4n) is 3.56. The number of hydrogen-bond acceptors (Lipinski definition) is 6. The summed E-state index contributed by atoms with van der Waals surface area (Å²) in [7, 11) is -2.59. The molecule has 160 valence electrons. The average Bonchev–Trinajstić information content (AvgIpc) is 2.74. The molecule has 2 fully saturated rings. The lowest BCUT2D eigenvalue weighted by molar-refractivity contribution is -0.163. The lowest BCUT2D eigenvalue weighted by atomic mass is 9.95. The topological polar surface area (TPSA) is 93.2 Å². The number of morpholine rings is 1. The number of sulfonamides is 1. The fraction of sp³-hybridized carbons (Fsp3) is 0.556. The van der Waals surface area contributed by atoms with Crippen LogP contribution < -0.4 is 0 Å². The predicted octanol–water partition coefficient (Wildman–Crippen LogP) is 1.28. The Bertz CT molecular complexity index is 888. The molecule has 1 amide bonds. The van der Waals surface area contributed by atoms with E-state index >= 15 is 0 Å². The van der Waals surface area contributed by atoms with Gasteiger partial charge in [0.25, 0.3) is 0 Å². The molecule has 11 heteroatoms. The van der Waals surface area contributed by atoms with Crippen LogP contribution in [0.5, 0.6) is 0 Å². The molecule has 29 heavy (non-hydrogen) atoms. The molecule has 0 aromatic heterocycles. The monoisotopic (exact) mass is 448 g/mol. The van der Waals surface area contributed by atoms with E-state index in [0.717, 1.165) is 12.1 Å². The molecule has 2 heterocycles. The van der Waals surface area contributed by atoms with Gasteiger partial charge < -0.3 is 14.4 Å². The number of halogens is 2. The van der Waals surface area contributed by atoms with E-state index in [0.29, 0.717) is 19.4 Å². The van der Waals surface area contributed by atoms with Crippen LogP contribution >= 0.6 is 11.6 Å². The van der Waals surface area contributed by atoms with Crippen LogP contribution in [0.15, 0.2) is 23.1 Å². The van der Waals surface area contributed by atoms with Gasteiger partial charge >= 0.3 is 5.97 Å². The molecular formula is C18H22ClFN2O6S. The predicted molar refractivity (Wildman–Crippen MR) is 101 cm³/mol. The van der Waals surface area contributed by atoms with Crippen LogP contribution in [0.2, 0.25) is 5.02 Å². The molecule has 0 spiro atoms. The van der Waals surface area contributed by atoms with Gasteiger partial charge in [-0.3, -0.25) is 4.79 Å². The summed E-state index contributed by atoms with van der Waals surface area (Å²) in [6.45, 7) is 0.974. The zero-order valence-electron chi connectivity index (χ0n) is 15.8. The van der Waals surface area contributed by atoms with Crippen molar-refractivity contribution in [3.05, 3.63) is 29.0 Å². The van der Waals surface area contributed by atoms with E-state index < -0.39 is 33.8 Å². The third kappa shape index (κ3) is 4.55. The van der Waals surface area contributed by atoms with E-state index in [2.05, 4.69) is 0 Å². The van der Waals surface area contributed by atoms with Gasteiger partial charge in [-0.05, 0) is 31.0 Å². The highest BCUT2D eigenvalue weighted by atomic mass is 35.5. The number of hydrogen-bond donors (Lipinski definition) is 0. The first-order valence-electron chi connectivity index (χ1n) is 9.17. The normalized spacial score (nSPS) is 21.8. The number of nitrogens with zero attached hydrogens (tertiary/aromatic N) is 2. The standard InChI is InChI=1S/C18H22ClFN2O6S/c1-27-18(24)16-11-28-9-8-22(16)17(23)12-4-6-21(7-5-12)29(25,26)13-2-3-15(20)14(19)10-13/h2-3,10,12,16H,4-9,11H2,1H3. The van der Waals surface area contributed by atoms with E-state index in [4.69, 9.17) is 21.1 Å². The summed E-state index contributed by atoms with van der Waals surface area (Å²) in [6.07, 6.45) is 0.635. The molecule has 1 aromatic rings. The Hall–Kier alpha value is -1.75. The van der Waals surface area contributed by atoms with Gasteiger partial charge in [0.05, 0.1) is 30.2 Å². The van der Waals surface area contributed by atoms with Gasteiger partial charge in [-0.25, -0.2) is 17.6 Å². The summed E-state index contributed by atoms with van der Waals surface area (Å²) in [4.78, 5) is 26.2. The smallest absolute Gasteiger partial charge is 0.331 e. The van der Waals surface area contributed by atoms with Crippen molar-refractivity contribution in [2.24, 2.45) is 5.92 Å². The molecule has 2 aliphatic rings. The maximum absolute atomic E-state index is 13.3. The number of piperidine rings is 1. The second kappa shape index (κ2) is 8.95. The van der Waals surface area contributed by atoms with Gasteiger partial charge in [0.15, 0.2) is 6.04 Å². The van der Waals surface area contributed by atoms with Gasteiger partial charge in [-0.15, -0.1) is 0 Å². The van der Waals surface area contributed by atoms with Crippen LogP contribution in [-0.4, -0.2) is 75.5 Å². The Morgan fingerprint density at radius 3 is 2.55 bits per heavy atom. The van der Waals surface area contributed by atoms with E-state index in [1.807, 2.05) is 0 Å². The molecule has 8 nitrogen and oxygen atoms in total. The second-order valence-corrected chi connectivity index (χ2v) is 9.24. The van der Waals surface area contributed by atoms with Crippen molar-refractivity contribution in [2.75, 3.05) is 40.0 Å². The quantitative estimate of drug-likeness (QED) is 0.644. The minimum atomic E-state index is -3.84. The molecule has 1 unspecified atom stereocenters. The Morgan fingerprint density at radius 1 is 1.24 bits per heavy atom. The summed E-state index contributed by atoms with van der Waals surface area (Å²) in [6, 6.07) is 2.47. The first kappa shape index (κ1) is 21.9. The number of carbonyl (C=O) groups is 2. The van der Waals surface area contributed by atoms with Crippen LogP contribution in [0.1, 0.15) is 12.8 Å². The van der Waals surface area contributed by atoms with Gasteiger partial charge in [-0.2, -0.15) is 4.31 Å². The Labute approximate surface area is 173 Å². The highest BCUT2D eigenvalue weighted by molar-refractivity contribution is 7.89. The Balaban J connectivity index is 1.67. The summed E-state index contributed by atoms with van der Waals surface area (Å²) < 4.78 is 50.2. The van der Waals surface area contributed by atoms with Gasteiger partial charge in [0.1, 0.15) is 5.82 Å². The lowest BCUT2D eigenvalue weighted by Gasteiger charge is -2.38. The number of carbonyl (C=O) groups excluding carboxylic acids is 2. The number of ether oxygens (including phenoxy) is 2. The molecule has 0 radical (unpaired) electrons. The number of esters is 1. The van der Waals surface area contributed by atoms with Crippen molar-refractivity contribution >= 4 is 33.5 Å². The third-order valence-corrected chi connectivity index (χ3v) is 7.40. The van der Waals surface area contributed by atoms with Crippen molar-refractivity contribution in [3.63, 3.8) is 0 Å². The van der Waals surface area contributed by atoms with E-state index in [1.54, 1.807) is 0 Å². The summed E-state index contributed by atoms with van der Waals surface area (Å²) >= 11 is 5.70. The summed E-state index contributed by atoms with van der Waals surface area (Å²) in [5.74, 6) is -1.83. The van der Waals surface area contributed by atoms with Crippen LogP contribution in [0.25, 0.3) is 0 Å². The molecule has 0 saturated carbocycles. The van der Waals surface area contributed by atoms with Crippen molar-refractivity contribution in [1.29, 1.82) is 0 Å². The minimum absolute atomic E-state index is 0.0803. The maximum Gasteiger partial charge on any atom is 0.331 e. The summed E-state index contributed by atoms with van der Waals surface area (Å²) in [5, 5.41) is -0.266. The van der Waals surface area contributed by atoms with Gasteiger partial charge in [0, 0.05) is 25.6 Å². The molecule has 2 aliphatic heterocycles. The van der Waals surface area contributed by atoms with Crippen LogP contribution in [-0.2, 0) is 29.1 Å². The first-order valence-corrected chi connectivity index (χ1v) is 11.0. The zero-order valence-corrected chi connectivity index (χ0v) is 17.4. The van der Waals surface area contributed by atoms with Crippen LogP contribution in [0.4, 0.5) is 4.39 Å². The van der Waals surface area contributed by atoms with Gasteiger partial charge in [-0.1, -0.05) is 11.6 Å². The minimum Gasteiger partial charge on any atom is -0.467 e. The van der Waals surface area contributed by atoms with Crippen LogP contribution in [0, 0.1) is 11.7 Å². The van der Waals surface area contributed by atoms with Crippen LogP contribution in [0.3, 0.4) is 0 Å². The van der Waals surface area contributed by atoms with E-state index in [1.165, 1.54) is 22.4 Å². The Morgan fingerprint density at radius 2 is 1.93 bits per heavy atom. The summed E-state index contributed by atoms with van der Waals surface area (Å²) in [5.41, 5.74) is 0. The molecule has 3 rings (SSSR count). The number of amides is 1. The number of methoxy groups -OCH3 is 1. The zero-order chi connectivity index (χ0) is 21.2. The molecule has 0 aliphatic carbocycles. The number of benzene rings is 1. The van der Waals surface area contributed by atoms with E-state index in [-0.39, 0.29) is 42.1 Å². The molecule has 1 atom stereocenters. The van der Waals surface area contributed by atoms with Crippen molar-refractivity contribution < 1.29 is 31.9 Å². The molecule has 2 saturated heterocycles. The van der Waals surface area contributed by atoms with Crippen molar-refractivity contribution in [1.82, 2.24) is 9.21 Å². The van der Waals surface area contributed by atoms with Gasteiger partial charge in [0.2, 0.25) is 15.9 Å². The molecule has 1 aromatic carbocycles. The largest absolute Gasteiger partial charge is 0.467 e. The van der Waals surface area contributed by atoms with Crippen molar-refractivity contribution in [3.8, 4) is 0 Å². The molecule has 0 bridgehead atoms. The van der Waals surface area contributed by atoms with Crippen molar-refractivity contribution in [2.45, 2.75) is 23.8 Å². The van der Waals surface area contributed by atoms with E-state index in [9.17, 15) is 22.4 Å². The average molecular weight is 449 g/mol. The first-order chi connectivity index (χ1) is 13.8. The maximum atomic E-state index is 13.3. The molecule has 0 N–H and O–H groups in total. The SMILES string of the molecule is COC(=O)C1COCCN1C(=O)C1CCN(S(=O)(=O)c2ccc(F)c(Cl)c2)CC1. The fourth-order valence-corrected chi connectivity index (χ4v) is 5.30. The Kier molecular flexibility index (Phi) is 6.77. The highest BCUT2D eigenvalue weighted by Crippen LogP contribution is 2.28. The molecular weight excluding hydrogens is 427 g/mol.